The lowest BCUT2D eigenvalue weighted by Crippen LogP contribution is -3.00. The predicted octanol–water partition coefficient (Wildman–Crippen LogP) is 6.25. The summed E-state index contributed by atoms with van der Waals surface area (Å²) in [6.45, 7) is 11.2. The number of hydrogen-bond acceptors (Lipinski definition) is 5. The van der Waals surface area contributed by atoms with E-state index >= 15 is 0 Å². The van der Waals surface area contributed by atoms with Gasteiger partial charge in [-0.3, -0.25) is 9.59 Å². The maximum Gasteiger partial charge on any atom is 0.218 e. The highest BCUT2D eigenvalue weighted by molar-refractivity contribution is 8.14. The number of aromatic nitrogens is 1. The van der Waals surface area contributed by atoms with E-state index in [1.807, 2.05) is 27.7 Å². The Morgan fingerprint density at radius 3 is 1.61 bits per heavy atom. The maximum atomic E-state index is 13.2. The van der Waals surface area contributed by atoms with E-state index in [1.165, 1.54) is 107 Å². The van der Waals surface area contributed by atoms with Gasteiger partial charge in [0.25, 0.3) is 0 Å². The van der Waals surface area contributed by atoms with E-state index in [-0.39, 0.29) is 33.1 Å². The number of carbonyl (C=O) groups excluding carboxylic acids is 2. The van der Waals surface area contributed by atoms with Gasteiger partial charge in [-0.1, -0.05) is 121 Å². The molecule has 0 atom stereocenters. The van der Waals surface area contributed by atoms with Crippen molar-refractivity contribution in [1.29, 1.82) is 0 Å². The molecule has 1 N–H and O–H groups in total. The molecule has 0 aromatic carbocycles. The van der Waals surface area contributed by atoms with Gasteiger partial charge in [0, 0.05) is 40.6 Å². The number of unbranched alkanes of at least 4 members (excludes halogenated alkanes) is 13. The minimum absolute atomic E-state index is 0. The standard InChI is InChI=1S/C34H54N2O2S2.BrH/c1-6-9-10-11-12-13-14-15-16-17-18-19-20-21-24-36-25-22-23-29(26-36)32-30(33(37)39-7-2)27(4)35-28(5)31(32)34(38)40-8-3;/h22-23,25-26,32H,6-21,24H2,1-5H3;1H. The number of dihydropyridines is 1. The molecule has 1 aliphatic heterocycles. The molecule has 4 nitrogen and oxygen atoms in total. The van der Waals surface area contributed by atoms with Crippen molar-refractivity contribution in [1.82, 2.24) is 5.32 Å². The van der Waals surface area contributed by atoms with Crippen LogP contribution in [0.1, 0.15) is 136 Å². The van der Waals surface area contributed by atoms with Gasteiger partial charge in [-0.25, -0.2) is 4.57 Å². The number of rotatable bonds is 20. The number of nitrogens with one attached hydrogen (secondary N) is 1. The summed E-state index contributed by atoms with van der Waals surface area (Å²) in [5, 5.41) is 3.45. The normalized spacial score (nSPS) is 13.8. The highest BCUT2D eigenvalue weighted by atomic mass is 79.9. The number of nitrogens with zero attached hydrogens (tertiary/aromatic N) is 1. The van der Waals surface area contributed by atoms with E-state index in [0.29, 0.717) is 22.7 Å². The molecule has 0 saturated heterocycles. The minimum atomic E-state index is -0.330. The fraction of sp³-hybridized carbons (Fsp3) is 0.676. The molecule has 0 radical (unpaired) electrons. The zero-order valence-electron chi connectivity index (χ0n) is 26.4. The van der Waals surface area contributed by atoms with Crippen LogP contribution in [0.5, 0.6) is 0 Å². The number of carbonyl (C=O) groups is 2. The Morgan fingerprint density at radius 1 is 0.732 bits per heavy atom. The van der Waals surface area contributed by atoms with Gasteiger partial charge in [0.05, 0.1) is 5.92 Å². The first-order valence-corrected chi connectivity index (χ1v) is 17.9. The van der Waals surface area contributed by atoms with Crippen LogP contribution >= 0.6 is 23.5 Å². The first kappa shape index (κ1) is 38.0. The highest BCUT2D eigenvalue weighted by Crippen LogP contribution is 2.41. The third-order valence-corrected chi connectivity index (χ3v) is 9.28. The summed E-state index contributed by atoms with van der Waals surface area (Å²) in [6.07, 6.45) is 23.3. The first-order valence-electron chi connectivity index (χ1n) is 16.0. The summed E-state index contributed by atoms with van der Waals surface area (Å²) in [5.74, 6) is 1.10. The van der Waals surface area contributed by atoms with Gasteiger partial charge in [-0.05, 0) is 37.8 Å². The number of allylic oxidation sites excluding steroid dienone is 2. The van der Waals surface area contributed by atoms with Crippen molar-refractivity contribution in [2.75, 3.05) is 11.5 Å². The first-order chi connectivity index (χ1) is 19.4. The third-order valence-electron chi connectivity index (χ3n) is 7.74. The van der Waals surface area contributed by atoms with Crippen molar-refractivity contribution < 1.29 is 31.1 Å². The van der Waals surface area contributed by atoms with Gasteiger partial charge < -0.3 is 22.3 Å². The molecular formula is C34H55BrN2O2S2. The summed E-state index contributed by atoms with van der Waals surface area (Å²) in [7, 11) is 0. The number of pyridine rings is 1. The molecule has 7 heteroatoms. The Morgan fingerprint density at radius 2 is 1.17 bits per heavy atom. The average molecular weight is 668 g/mol. The molecule has 0 fully saturated rings. The molecule has 1 aromatic rings. The van der Waals surface area contributed by atoms with E-state index in [0.717, 1.165) is 29.9 Å². The Kier molecular flexibility index (Phi) is 20.8. The third kappa shape index (κ3) is 13.4. The summed E-state index contributed by atoms with van der Waals surface area (Å²) in [6, 6.07) is 4.14. The smallest absolute Gasteiger partial charge is 0.218 e. The van der Waals surface area contributed by atoms with Crippen LogP contribution in [0.2, 0.25) is 0 Å². The van der Waals surface area contributed by atoms with E-state index < -0.39 is 0 Å². The van der Waals surface area contributed by atoms with E-state index in [1.54, 1.807) is 0 Å². The van der Waals surface area contributed by atoms with Gasteiger partial charge in [-0.15, -0.1) is 0 Å². The molecule has 0 bridgehead atoms. The molecule has 2 rings (SSSR count). The molecule has 2 heterocycles. The molecule has 232 valence electrons. The van der Waals surface area contributed by atoms with Gasteiger partial charge in [0.2, 0.25) is 10.2 Å². The second-order valence-corrected chi connectivity index (χ2v) is 13.5. The second-order valence-electron chi connectivity index (χ2n) is 11.0. The van der Waals surface area contributed by atoms with Crippen molar-refractivity contribution in [3.8, 4) is 0 Å². The number of aryl methyl sites for hydroxylation is 1. The van der Waals surface area contributed by atoms with Gasteiger partial charge in [0.1, 0.15) is 6.54 Å². The lowest BCUT2D eigenvalue weighted by atomic mass is 9.82. The van der Waals surface area contributed by atoms with Gasteiger partial charge >= 0.3 is 0 Å². The molecule has 0 amide bonds. The molecule has 0 saturated carbocycles. The van der Waals surface area contributed by atoms with Gasteiger partial charge in [-0.2, -0.15) is 0 Å². The molecular weight excluding hydrogens is 612 g/mol. The Bertz CT molecular complexity index is 953. The van der Waals surface area contributed by atoms with Crippen LogP contribution in [0.4, 0.5) is 0 Å². The maximum absolute atomic E-state index is 13.2. The average Bonchev–Trinajstić information content (AvgIpc) is 2.93. The van der Waals surface area contributed by atoms with Crippen molar-refractivity contribution >= 4 is 33.8 Å². The van der Waals surface area contributed by atoms with E-state index in [2.05, 4.69) is 41.3 Å². The second kappa shape index (κ2) is 22.5. The quantitative estimate of drug-likeness (QED) is 0.132. The SMILES string of the molecule is CCCCCCCCCCCCCCCC[n+]1cccc(C2C(C(=O)SCC)=C(C)NC(C)=C2C(=O)SCC)c1.[Br-]. The largest absolute Gasteiger partial charge is 1.00 e. The summed E-state index contributed by atoms with van der Waals surface area (Å²) in [4.78, 5) is 26.5. The lowest BCUT2D eigenvalue weighted by molar-refractivity contribution is -0.697. The predicted molar refractivity (Wildman–Crippen MR) is 175 cm³/mol. The van der Waals surface area contributed by atoms with Crippen LogP contribution < -0.4 is 26.9 Å². The zero-order chi connectivity index (χ0) is 29.2. The summed E-state index contributed by atoms with van der Waals surface area (Å²) >= 11 is 2.64. The molecule has 1 aliphatic rings. The topological polar surface area (TPSA) is 50.0 Å². The van der Waals surface area contributed by atoms with Crippen molar-refractivity contribution in [2.24, 2.45) is 0 Å². The van der Waals surface area contributed by atoms with Crippen LogP contribution in [0.25, 0.3) is 0 Å². The highest BCUT2D eigenvalue weighted by Gasteiger charge is 2.37. The minimum Gasteiger partial charge on any atom is -1.00 e. The van der Waals surface area contributed by atoms with Crippen LogP contribution in [0.15, 0.2) is 47.1 Å². The molecule has 0 spiro atoms. The van der Waals surface area contributed by atoms with Gasteiger partial charge in [0.15, 0.2) is 12.4 Å². The Hall–Kier alpha value is -1.05. The van der Waals surface area contributed by atoms with Crippen molar-refractivity contribution in [3.63, 3.8) is 0 Å². The van der Waals surface area contributed by atoms with Crippen LogP contribution in [0, 0.1) is 0 Å². The molecule has 0 unspecified atom stereocenters. The molecule has 41 heavy (non-hydrogen) atoms. The van der Waals surface area contributed by atoms with Crippen molar-refractivity contribution in [3.05, 3.63) is 52.6 Å². The fourth-order valence-corrected chi connectivity index (χ4v) is 7.00. The summed E-state index contributed by atoms with van der Waals surface area (Å²) in [5.41, 5.74) is 4.16. The lowest BCUT2D eigenvalue weighted by Gasteiger charge is -2.30. The zero-order valence-corrected chi connectivity index (χ0v) is 29.6. The Labute approximate surface area is 270 Å². The Balaban J connectivity index is 0.00000840. The fourth-order valence-electron chi connectivity index (χ4n) is 5.63. The van der Waals surface area contributed by atoms with Crippen LogP contribution in [-0.2, 0) is 16.1 Å². The van der Waals surface area contributed by atoms with Crippen LogP contribution in [0.3, 0.4) is 0 Å². The van der Waals surface area contributed by atoms with E-state index in [4.69, 9.17) is 0 Å². The van der Waals surface area contributed by atoms with E-state index in [9.17, 15) is 9.59 Å². The monoisotopic (exact) mass is 666 g/mol. The molecule has 1 aromatic heterocycles. The number of hydrogen-bond donors (Lipinski definition) is 1. The van der Waals surface area contributed by atoms with Crippen LogP contribution in [-0.4, -0.2) is 21.7 Å². The summed E-state index contributed by atoms with van der Waals surface area (Å²) < 4.78 is 2.24. The van der Waals surface area contributed by atoms with Crippen molar-refractivity contribution in [2.45, 2.75) is 137 Å². The molecule has 0 aliphatic carbocycles. The number of halogens is 1. The number of thioether (sulfide) groups is 2.